The molecule has 1 saturated heterocycles. The fraction of sp³-hybridized carbons (Fsp3) is 0.923. The van der Waals surface area contributed by atoms with Gasteiger partial charge in [-0.2, -0.15) is 0 Å². The maximum atomic E-state index is 11.7. The SMILES string of the molecule is CC(C)(CN)CC(=O)NCCC1CCOCC1. The van der Waals surface area contributed by atoms with Crippen molar-refractivity contribution < 1.29 is 9.53 Å². The van der Waals surface area contributed by atoms with Crippen LogP contribution in [0.15, 0.2) is 0 Å². The summed E-state index contributed by atoms with van der Waals surface area (Å²) < 4.78 is 5.31. The Morgan fingerprint density at radius 3 is 2.65 bits per heavy atom. The van der Waals surface area contributed by atoms with Crippen LogP contribution in [-0.4, -0.2) is 32.2 Å². The summed E-state index contributed by atoms with van der Waals surface area (Å²) in [5, 5.41) is 2.99. The Labute approximate surface area is 104 Å². The number of hydrogen-bond acceptors (Lipinski definition) is 3. The first-order chi connectivity index (χ1) is 8.03. The molecule has 100 valence electrons. The molecule has 17 heavy (non-hydrogen) atoms. The predicted molar refractivity (Wildman–Crippen MR) is 68.6 cm³/mol. The smallest absolute Gasteiger partial charge is 0.220 e. The van der Waals surface area contributed by atoms with Gasteiger partial charge < -0.3 is 15.8 Å². The van der Waals surface area contributed by atoms with Crippen molar-refractivity contribution in [2.45, 2.75) is 39.5 Å². The Morgan fingerprint density at radius 1 is 1.41 bits per heavy atom. The first kappa shape index (κ1) is 14.5. The molecule has 1 fully saturated rings. The van der Waals surface area contributed by atoms with E-state index in [2.05, 4.69) is 5.32 Å². The molecular formula is C13H26N2O2. The molecule has 0 aromatic rings. The standard InChI is InChI=1S/C13H26N2O2/c1-13(2,10-14)9-12(16)15-6-3-11-4-7-17-8-5-11/h11H,3-10,14H2,1-2H3,(H,15,16). The minimum atomic E-state index is -0.0945. The molecule has 0 spiro atoms. The third kappa shape index (κ3) is 6.03. The lowest BCUT2D eigenvalue weighted by Crippen LogP contribution is -2.34. The van der Waals surface area contributed by atoms with Crippen LogP contribution in [0.4, 0.5) is 0 Å². The van der Waals surface area contributed by atoms with E-state index >= 15 is 0 Å². The van der Waals surface area contributed by atoms with Crippen molar-refractivity contribution in [3.05, 3.63) is 0 Å². The summed E-state index contributed by atoms with van der Waals surface area (Å²) in [5.41, 5.74) is 5.51. The molecule has 0 aliphatic carbocycles. The van der Waals surface area contributed by atoms with Gasteiger partial charge in [0.25, 0.3) is 0 Å². The highest BCUT2D eigenvalue weighted by Gasteiger charge is 2.20. The first-order valence-electron chi connectivity index (χ1n) is 6.58. The summed E-state index contributed by atoms with van der Waals surface area (Å²) in [5.74, 6) is 0.832. The minimum Gasteiger partial charge on any atom is -0.381 e. The maximum absolute atomic E-state index is 11.7. The second kappa shape index (κ2) is 6.97. The molecule has 4 heteroatoms. The van der Waals surface area contributed by atoms with Gasteiger partial charge in [-0.1, -0.05) is 13.8 Å². The minimum absolute atomic E-state index is 0.0945. The number of carbonyl (C=O) groups excluding carboxylic acids is 1. The van der Waals surface area contributed by atoms with Crippen LogP contribution < -0.4 is 11.1 Å². The van der Waals surface area contributed by atoms with E-state index in [1.165, 1.54) is 0 Å². The molecule has 0 aromatic heterocycles. The van der Waals surface area contributed by atoms with Gasteiger partial charge >= 0.3 is 0 Å². The first-order valence-corrected chi connectivity index (χ1v) is 6.58. The molecular weight excluding hydrogens is 216 g/mol. The van der Waals surface area contributed by atoms with Crippen LogP contribution >= 0.6 is 0 Å². The third-order valence-electron chi connectivity index (χ3n) is 3.41. The Hall–Kier alpha value is -0.610. The van der Waals surface area contributed by atoms with E-state index in [4.69, 9.17) is 10.5 Å². The monoisotopic (exact) mass is 242 g/mol. The molecule has 3 N–H and O–H groups in total. The Bertz CT molecular complexity index is 236. The Kier molecular flexibility index (Phi) is 5.92. The second-order valence-electron chi connectivity index (χ2n) is 5.74. The van der Waals surface area contributed by atoms with E-state index in [-0.39, 0.29) is 11.3 Å². The van der Waals surface area contributed by atoms with Crippen LogP contribution in [0, 0.1) is 11.3 Å². The lowest BCUT2D eigenvalue weighted by molar-refractivity contribution is -0.122. The Morgan fingerprint density at radius 2 is 2.06 bits per heavy atom. The number of ether oxygens (including phenoxy) is 1. The van der Waals surface area contributed by atoms with Gasteiger partial charge in [-0.05, 0) is 37.1 Å². The molecule has 0 atom stereocenters. The molecule has 1 heterocycles. The summed E-state index contributed by atoms with van der Waals surface area (Å²) in [4.78, 5) is 11.7. The van der Waals surface area contributed by atoms with Crippen molar-refractivity contribution in [1.29, 1.82) is 0 Å². The highest BCUT2D eigenvalue weighted by Crippen LogP contribution is 2.19. The average Bonchev–Trinajstić information content (AvgIpc) is 2.30. The molecule has 0 aromatic carbocycles. The largest absolute Gasteiger partial charge is 0.381 e. The molecule has 0 radical (unpaired) electrons. The highest BCUT2D eigenvalue weighted by molar-refractivity contribution is 5.76. The van der Waals surface area contributed by atoms with E-state index in [0.29, 0.717) is 18.9 Å². The van der Waals surface area contributed by atoms with Crippen LogP contribution in [0.5, 0.6) is 0 Å². The van der Waals surface area contributed by atoms with Gasteiger partial charge in [0.1, 0.15) is 0 Å². The van der Waals surface area contributed by atoms with Gasteiger partial charge in [-0.3, -0.25) is 4.79 Å². The van der Waals surface area contributed by atoms with Crippen LogP contribution in [0.25, 0.3) is 0 Å². The number of hydrogen-bond donors (Lipinski definition) is 2. The number of carbonyl (C=O) groups is 1. The van der Waals surface area contributed by atoms with E-state index < -0.39 is 0 Å². The third-order valence-corrected chi connectivity index (χ3v) is 3.41. The van der Waals surface area contributed by atoms with Crippen molar-refractivity contribution in [2.24, 2.45) is 17.1 Å². The van der Waals surface area contributed by atoms with Crippen molar-refractivity contribution in [1.82, 2.24) is 5.32 Å². The quantitative estimate of drug-likeness (QED) is 0.738. The fourth-order valence-electron chi connectivity index (χ4n) is 2.02. The van der Waals surface area contributed by atoms with E-state index in [1.54, 1.807) is 0 Å². The molecule has 0 unspecified atom stereocenters. The lowest BCUT2D eigenvalue weighted by atomic mass is 9.89. The van der Waals surface area contributed by atoms with Crippen LogP contribution in [0.3, 0.4) is 0 Å². The number of nitrogens with one attached hydrogen (secondary N) is 1. The zero-order chi connectivity index (χ0) is 12.7. The topological polar surface area (TPSA) is 64.4 Å². The average molecular weight is 242 g/mol. The summed E-state index contributed by atoms with van der Waals surface area (Å²) in [6.45, 7) is 7.11. The summed E-state index contributed by atoms with van der Waals surface area (Å²) >= 11 is 0. The van der Waals surface area contributed by atoms with Gasteiger partial charge in [-0.15, -0.1) is 0 Å². The molecule has 1 rings (SSSR count). The number of rotatable bonds is 6. The van der Waals surface area contributed by atoms with E-state index in [9.17, 15) is 4.79 Å². The van der Waals surface area contributed by atoms with Gasteiger partial charge in [-0.25, -0.2) is 0 Å². The zero-order valence-electron chi connectivity index (χ0n) is 11.1. The van der Waals surface area contributed by atoms with Crippen molar-refractivity contribution in [3.8, 4) is 0 Å². The molecule has 4 nitrogen and oxygen atoms in total. The molecule has 0 saturated carbocycles. The van der Waals surface area contributed by atoms with Gasteiger partial charge in [0, 0.05) is 26.2 Å². The van der Waals surface area contributed by atoms with Gasteiger partial charge in [0.2, 0.25) is 5.91 Å². The van der Waals surface area contributed by atoms with Gasteiger partial charge in [0.05, 0.1) is 0 Å². The van der Waals surface area contributed by atoms with Crippen LogP contribution in [0.2, 0.25) is 0 Å². The van der Waals surface area contributed by atoms with E-state index in [0.717, 1.165) is 39.0 Å². The Balaban J connectivity index is 2.11. The van der Waals surface area contributed by atoms with Gasteiger partial charge in [0.15, 0.2) is 0 Å². The summed E-state index contributed by atoms with van der Waals surface area (Å²) in [7, 11) is 0. The normalized spacial score (nSPS) is 18.1. The molecule has 1 aliphatic heterocycles. The molecule has 1 amide bonds. The predicted octanol–water partition coefficient (Wildman–Crippen LogP) is 1.29. The molecule has 1 aliphatic rings. The maximum Gasteiger partial charge on any atom is 0.220 e. The highest BCUT2D eigenvalue weighted by atomic mass is 16.5. The summed E-state index contributed by atoms with van der Waals surface area (Å²) in [6.07, 6.45) is 3.84. The van der Waals surface area contributed by atoms with Crippen molar-refractivity contribution in [3.63, 3.8) is 0 Å². The summed E-state index contributed by atoms with van der Waals surface area (Å²) in [6, 6.07) is 0. The lowest BCUT2D eigenvalue weighted by Gasteiger charge is -2.23. The van der Waals surface area contributed by atoms with Crippen molar-refractivity contribution >= 4 is 5.91 Å². The molecule has 0 bridgehead atoms. The van der Waals surface area contributed by atoms with Crippen LogP contribution in [0.1, 0.15) is 39.5 Å². The van der Waals surface area contributed by atoms with Crippen molar-refractivity contribution in [2.75, 3.05) is 26.3 Å². The zero-order valence-corrected chi connectivity index (χ0v) is 11.1. The second-order valence-corrected chi connectivity index (χ2v) is 5.74. The van der Waals surface area contributed by atoms with E-state index in [1.807, 2.05) is 13.8 Å². The number of nitrogens with two attached hydrogens (primary N) is 1. The number of amides is 1. The van der Waals surface area contributed by atoms with Crippen LogP contribution in [-0.2, 0) is 9.53 Å². The fourth-order valence-corrected chi connectivity index (χ4v) is 2.02.